The zero-order valence-corrected chi connectivity index (χ0v) is 10.6. The number of rotatable bonds is 2. The van der Waals surface area contributed by atoms with Crippen molar-refractivity contribution in [3.8, 4) is 0 Å². The maximum absolute atomic E-state index is 12.2. The maximum Gasteiger partial charge on any atom is 0.253 e. The average Bonchev–Trinajstić information content (AvgIpc) is 2.32. The van der Waals surface area contributed by atoms with Crippen molar-refractivity contribution >= 4 is 11.6 Å². The van der Waals surface area contributed by atoms with Gasteiger partial charge in [-0.3, -0.25) is 4.79 Å². The number of hydrogen-bond donors (Lipinski definition) is 3. The van der Waals surface area contributed by atoms with E-state index in [2.05, 4.69) is 5.32 Å². The van der Waals surface area contributed by atoms with Gasteiger partial charge in [-0.05, 0) is 31.4 Å². The second-order valence-electron chi connectivity index (χ2n) is 4.97. The Balaban J connectivity index is 2.12. The summed E-state index contributed by atoms with van der Waals surface area (Å²) in [4.78, 5) is 12.2. The van der Waals surface area contributed by atoms with Crippen molar-refractivity contribution in [1.82, 2.24) is 5.32 Å². The van der Waals surface area contributed by atoms with Crippen molar-refractivity contribution in [2.24, 2.45) is 0 Å². The van der Waals surface area contributed by atoms with Gasteiger partial charge in [0, 0.05) is 5.69 Å². The summed E-state index contributed by atoms with van der Waals surface area (Å²) in [6.45, 7) is 1.86. The summed E-state index contributed by atoms with van der Waals surface area (Å²) in [5, 5.41) is 12.8. The lowest BCUT2D eigenvalue weighted by Crippen LogP contribution is -2.45. The van der Waals surface area contributed by atoms with Gasteiger partial charge in [-0.1, -0.05) is 25.0 Å². The van der Waals surface area contributed by atoms with Crippen molar-refractivity contribution in [2.75, 3.05) is 5.73 Å². The minimum atomic E-state index is -0.437. The first kappa shape index (κ1) is 12.9. The van der Waals surface area contributed by atoms with E-state index >= 15 is 0 Å². The Hall–Kier alpha value is -1.55. The van der Waals surface area contributed by atoms with Crippen LogP contribution in [0.4, 0.5) is 5.69 Å². The highest BCUT2D eigenvalue weighted by Gasteiger charge is 2.25. The fourth-order valence-corrected chi connectivity index (χ4v) is 2.52. The summed E-state index contributed by atoms with van der Waals surface area (Å²) in [5.74, 6) is -0.184. The third kappa shape index (κ3) is 2.64. The van der Waals surface area contributed by atoms with Gasteiger partial charge in [0.2, 0.25) is 0 Å². The molecule has 1 aromatic rings. The molecule has 0 aliphatic heterocycles. The van der Waals surface area contributed by atoms with E-state index < -0.39 is 6.10 Å². The average molecular weight is 248 g/mol. The van der Waals surface area contributed by atoms with E-state index in [1.807, 2.05) is 19.1 Å². The van der Waals surface area contributed by atoms with Gasteiger partial charge in [0.05, 0.1) is 17.7 Å². The third-order valence-electron chi connectivity index (χ3n) is 3.58. The lowest BCUT2D eigenvalue weighted by molar-refractivity contribution is 0.0717. The molecule has 0 radical (unpaired) electrons. The Kier molecular flexibility index (Phi) is 3.87. The summed E-state index contributed by atoms with van der Waals surface area (Å²) >= 11 is 0. The van der Waals surface area contributed by atoms with Crippen molar-refractivity contribution in [2.45, 2.75) is 44.8 Å². The molecule has 1 saturated carbocycles. The Labute approximate surface area is 107 Å². The van der Waals surface area contributed by atoms with Gasteiger partial charge < -0.3 is 16.2 Å². The first-order valence-corrected chi connectivity index (χ1v) is 6.43. The van der Waals surface area contributed by atoms with Gasteiger partial charge in [-0.15, -0.1) is 0 Å². The number of nitrogen functional groups attached to an aromatic ring is 1. The molecule has 1 aromatic carbocycles. The topological polar surface area (TPSA) is 75.4 Å². The number of nitrogens with one attached hydrogen (secondary N) is 1. The predicted molar refractivity (Wildman–Crippen MR) is 71.3 cm³/mol. The molecular weight excluding hydrogens is 228 g/mol. The van der Waals surface area contributed by atoms with Crippen LogP contribution in [0.2, 0.25) is 0 Å². The number of hydrogen-bond acceptors (Lipinski definition) is 3. The Bertz CT molecular complexity index is 425. The summed E-state index contributed by atoms with van der Waals surface area (Å²) in [5.41, 5.74) is 7.71. The van der Waals surface area contributed by atoms with Crippen LogP contribution >= 0.6 is 0 Å². The summed E-state index contributed by atoms with van der Waals surface area (Å²) in [7, 11) is 0. The van der Waals surface area contributed by atoms with Crippen molar-refractivity contribution in [3.63, 3.8) is 0 Å². The maximum atomic E-state index is 12.2. The van der Waals surface area contributed by atoms with Crippen LogP contribution in [-0.2, 0) is 0 Å². The molecule has 1 fully saturated rings. The minimum absolute atomic E-state index is 0.148. The third-order valence-corrected chi connectivity index (χ3v) is 3.58. The molecule has 4 N–H and O–H groups in total. The summed E-state index contributed by atoms with van der Waals surface area (Å²) in [6.07, 6.45) is 3.23. The predicted octanol–water partition coefficient (Wildman–Crippen LogP) is 1.61. The van der Waals surface area contributed by atoms with Crippen LogP contribution in [0, 0.1) is 6.92 Å². The number of aryl methyl sites for hydroxylation is 1. The highest BCUT2D eigenvalue weighted by atomic mass is 16.3. The Morgan fingerprint density at radius 3 is 2.78 bits per heavy atom. The molecule has 4 nitrogen and oxygen atoms in total. The molecule has 2 rings (SSSR count). The van der Waals surface area contributed by atoms with Crippen LogP contribution in [0.25, 0.3) is 0 Å². The second kappa shape index (κ2) is 5.40. The van der Waals surface area contributed by atoms with Gasteiger partial charge in [0.25, 0.3) is 5.91 Å². The molecule has 0 spiro atoms. The largest absolute Gasteiger partial charge is 0.398 e. The highest BCUT2D eigenvalue weighted by Crippen LogP contribution is 2.21. The van der Waals surface area contributed by atoms with E-state index in [-0.39, 0.29) is 11.9 Å². The Morgan fingerprint density at radius 1 is 1.39 bits per heavy atom. The van der Waals surface area contributed by atoms with Crippen LogP contribution in [0.5, 0.6) is 0 Å². The fraction of sp³-hybridized carbons (Fsp3) is 0.500. The van der Waals surface area contributed by atoms with Gasteiger partial charge in [-0.2, -0.15) is 0 Å². The zero-order valence-electron chi connectivity index (χ0n) is 10.6. The molecule has 0 heterocycles. The molecule has 98 valence electrons. The number of aliphatic hydroxyl groups is 1. The molecule has 0 aromatic heterocycles. The van der Waals surface area contributed by atoms with Crippen molar-refractivity contribution in [3.05, 3.63) is 29.3 Å². The van der Waals surface area contributed by atoms with E-state index in [1.165, 1.54) is 0 Å². The minimum Gasteiger partial charge on any atom is -0.398 e. The van der Waals surface area contributed by atoms with Crippen molar-refractivity contribution in [1.29, 1.82) is 0 Å². The quantitative estimate of drug-likeness (QED) is 0.696. The monoisotopic (exact) mass is 248 g/mol. The molecule has 2 atom stereocenters. The summed E-state index contributed by atoms with van der Waals surface area (Å²) in [6, 6.07) is 5.27. The number of benzene rings is 1. The summed E-state index contributed by atoms with van der Waals surface area (Å²) < 4.78 is 0. The van der Waals surface area contributed by atoms with Crippen LogP contribution < -0.4 is 11.1 Å². The molecular formula is C14H20N2O2. The van der Waals surface area contributed by atoms with Gasteiger partial charge in [0.15, 0.2) is 0 Å². The zero-order chi connectivity index (χ0) is 13.1. The number of carbonyl (C=O) groups is 1. The van der Waals surface area contributed by atoms with Gasteiger partial charge in [-0.25, -0.2) is 0 Å². The van der Waals surface area contributed by atoms with E-state index in [4.69, 9.17) is 5.73 Å². The van der Waals surface area contributed by atoms with Crippen LogP contribution in [0.3, 0.4) is 0 Å². The molecule has 4 heteroatoms. The Morgan fingerprint density at radius 2 is 2.11 bits per heavy atom. The molecule has 0 unspecified atom stereocenters. The number of anilines is 1. The SMILES string of the molecule is Cc1cccc(N)c1C(=O)N[C@H]1CCCC[C@@H]1O. The van der Waals surface area contributed by atoms with Crippen LogP contribution in [0.15, 0.2) is 18.2 Å². The first-order valence-electron chi connectivity index (χ1n) is 6.43. The number of carbonyl (C=O) groups excluding carboxylic acids is 1. The molecule has 0 saturated heterocycles. The molecule has 18 heavy (non-hydrogen) atoms. The number of amides is 1. The molecule has 1 amide bonds. The molecule has 1 aliphatic carbocycles. The van der Waals surface area contributed by atoms with E-state index in [1.54, 1.807) is 6.07 Å². The standard InChI is InChI=1S/C14H20N2O2/c1-9-5-4-6-10(15)13(9)14(18)16-11-7-2-3-8-12(11)17/h4-6,11-12,17H,2-3,7-8,15H2,1H3,(H,16,18)/t11-,12-/m0/s1. The smallest absolute Gasteiger partial charge is 0.253 e. The highest BCUT2D eigenvalue weighted by molar-refractivity contribution is 6.00. The lowest BCUT2D eigenvalue weighted by atomic mass is 9.92. The van der Waals surface area contributed by atoms with E-state index in [0.717, 1.165) is 31.2 Å². The number of aliphatic hydroxyl groups excluding tert-OH is 1. The second-order valence-corrected chi connectivity index (χ2v) is 4.97. The first-order chi connectivity index (χ1) is 8.59. The van der Waals surface area contributed by atoms with Crippen molar-refractivity contribution < 1.29 is 9.90 Å². The van der Waals surface area contributed by atoms with Gasteiger partial charge >= 0.3 is 0 Å². The van der Waals surface area contributed by atoms with Gasteiger partial charge in [0.1, 0.15) is 0 Å². The normalized spacial score (nSPS) is 23.7. The fourth-order valence-electron chi connectivity index (χ4n) is 2.52. The lowest BCUT2D eigenvalue weighted by Gasteiger charge is -2.28. The van der Waals surface area contributed by atoms with E-state index in [9.17, 15) is 9.90 Å². The molecule has 1 aliphatic rings. The van der Waals surface area contributed by atoms with Crippen LogP contribution in [0.1, 0.15) is 41.6 Å². The number of nitrogens with two attached hydrogens (primary N) is 1. The van der Waals surface area contributed by atoms with E-state index in [0.29, 0.717) is 11.3 Å². The van der Waals surface area contributed by atoms with Crippen LogP contribution in [-0.4, -0.2) is 23.2 Å². The molecule has 0 bridgehead atoms.